The lowest BCUT2D eigenvalue weighted by molar-refractivity contribution is -0.122. The molecule has 144 valence electrons. The van der Waals surface area contributed by atoms with Crippen LogP contribution in [0.4, 0.5) is 4.79 Å². The summed E-state index contributed by atoms with van der Waals surface area (Å²) in [4.78, 5) is 36.4. The van der Waals surface area contributed by atoms with E-state index in [1.165, 1.54) is 17.0 Å². The molecule has 0 aromatic heterocycles. The number of carboxylic acid groups (broad SMARTS) is 1. The first-order valence-electron chi connectivity index (χ1n) is 8.88. The maximum Gasteiger partial charge on any atom is 0.335 e. The number of carbonyl (C=O) groups is 3. The van der Waals surface area contributed by atoms with Crippen molar-refractivity contribution in [3.63, 3.8) is 0 Å². The zero-order chi connectivity index (χ0) is 20.1. The smallest absolute Gasteiger partial charge is 0.335 e. The quantitative estimate of drug-likeness (QED) is 0.568. The van der Waals surface area contributed by atoms with Crippen molar-refractivity contribution in [1.29, 1.82) is 0 Å². The highest BCUT2D eigenvalue weighted by Crippen LogP contribution is 2.24. The summed E-state index contributed by atoms with van der Waals surface area (Å²) < 4.78 is 5.84. The fraction of sp³-hybridized carbons (Fsp3) is 0.190. The summed E-state index contributed by atoms with van der Waals surface area (Å²) in [5, 5.41) is 11.5. The Labute approximate surface area is 162 Å². The molecule has 2 N–H and O–H groups in total. The van der Waals surface area contributed by atoms with Crippen molar-refractivity contribution in [1.82, 2.24) is 10.2 Å². The number of hydrogen-bond donors (Lipinski definition) is 2. The van der Waals surface area contributed by atoms with E-state index in [1.807, 2.05) is 19.1 Å². The number of urea groups is 1. The summed E-state index contributed by atoms with van der Waals surface area (Å²) in [6.45, 7) is 2.50. The lowest BCUT2D eigenvalue weighted by Gasteiger charge is -2.10. The highest BCUT2D eigenvalue weighted by molar-refractivity contribution is 6.14. The van der Waals surface area contributed by atoms with Gasteiger partial charge in [-0.15, -0.1) is 0 Å². The third kappa shape index (κ3) is 4.20. The molecule has 1 aliphatic heterocycles. The Bertz CT molecular complexity index is 934. The molecular weight excluding hydrogens is 360 g/mol. The molecule has 0 radical (unpaired) electrons. The number of imide groups is 1. The molecule has 0 saturated carbocycles. The fourth-order valence-corrected chi connectivity index (χ4v) is 2.79. The summed E-state index contributed by atoms with van der Waals surface area (Å²) in [6, 6.07) is 13.2. The maximum absolute atomic E-state index is 12.4. The molecule has 3 rings (SSSR count). The number of para-hydroxylation sites is 1. The van der Waals surface area contributed by atoms with E-state index in [0.29, 0.717) is 24.3 Å². The molecule has 0 aliphatic carbocycles. The first-order valence-corrected chi connectivity index (χ1v) is 8.88. The summed E-state index contributed by atoms with van der Waals surface area (Å²) in [7, 11) is 0. The summed E-state index contributed by atoms with van der Waals surface area (Å²) in [6.07, 6.45) is 2.28. The van der Waals surface area contributed by atoms with Crippen LogP contribution in [-0.2, 0) is 11.4 Å². The van der Waals surface area contributed by atoms with Crippen LogP contribution in [0.15, 0.2) is 54.2 Å². The first kappa shape index (κ1) is 19.2. The first-order chi connectivity index (χ1) is 13.5. The second-order valence-corrected chi connectivity index (χ2v) is 6.27. The lowest BCUT2D eigenvalue weighted by atomic mass is 10.1. The summed E-state index contributed by atoms with van der Waals surface area (Å²) >= 11 is 0. The largest absolute Gasteiger partial charge is 0.488 e. The van der Waals surface area contributed by atoms with E-state index >= 15 is 0 Å². The van der Waals surface area contributed by atoms with Gasteiger partial charge in [0.1, 0.15) is 18.1 Å². The minimum absolute atomic E-state index is 0.209. The average molecular weight is 380 g/mol. The van der Waals surface area contributed by atoms with Crippen LogP contribution >= 0.6 is 0 Å². The van der Waals surface area contributed by atoms with Gasteiger partial charge in [-0.3, -0.25) is 9.69 Å². The van der Waals surface area contributed by atoms with Gasteiger partial charge in [-0.2, -0.15) is 0 Å². The number of hydrogen-bond acceptors (Lipinski definition) is 4. The van der Waals surface area contributed by atoms with Gasteiger partial charge in [-0.1, -0.05) is 37.3 Å². The standard InChI is InChI=1S/C21H20N2O5/c1-2-11-23-19(24)17(22-21(23)27)12-16-5-3-4-6-18(16)28-13-14-7-9-15(10-8-14)20(25)26/h3-10,12H,2,11,13H2,1H3,(H,22,27)(H,25,26)/b17-12+. The van der Waals surface area contributed by atoms with Crippen LogP contribution in [0.5, 0.6) is 5.75 Å². The van der Waals surface area contributed by atoms with Gasteiger partial charge >= 0.3 is 12.0 Å². The second kappa shape index (κ2) is 8.39. The predicted molar refractivity (Wildman–Crippen MR) is 103 cm³/mol. The minimum atomic E-state index is -0.982. The van der Waals surface area contributed by atoms with Crippen LogP contribution in [0.25, 0.3) is 6.08 Å². The van der Waals surface area contributed by atoms with E-state index in [0.717, 1.165) is 5.56 Å². The number of aromatic carboxylic acids is 1. The van der Waals surface area contributed by atoms with Crippen molar-refractivity contribution < 1.29 is 24.2 Å². The number of rotatable bonds is 7. The van der Waals surface area contributed by atoms with Crippen LogP contribution in [0, 0.1) is 0 Å². The van der Waals surface area contributed by atoms with Crippen LogP contribution in [0.2, 0.25) is 0 Å². The van der Waals surface area contributed by atoms with Crippen molar-refractivity contribution in [2.45, 2.75) is 20.0 Å². The van der Waals surface area contributed by atoms with Crippen molar-refractivity contribution in [2.24, 2.45) is 0 Å². The van der Waals surface area contributed by atoms with E-state index in [4.69, 9.17) is 9.84 Å². The van der Waals surface area contributed by atoms with Crippen LogP contribution in [0.1, 0.15) is 34.8 Å². The second-order valence-electron chi connectivity index (χ2n) is 6.27. The minimum Gasteiger partial charge on any atom is -0.488 e. The van der Waals surface area contributed by atoms with Crippen molar-refractivity contribution in [3.8, 4) is 5.75 Å². The molecule has 0 bridgehead atoms. The van der Waals surface area contributed by atoms with Gasteiger partial charge in [-0.25, -0.2) is 9.59 Å². The number of amides is 3. The zero-order valence-electron chi connectivity index (χ0n) is 15.3. The maximum atomic E-state index is 12.4. The summed E-state index contributed by atoms with van der Waals surface area (Å²) in [5.74, 6) is -0.788. The Balaban J connectivity index is 1.75. The Kier molecular flexibility index (Phi) is 5.74. The molecule has 7 nitrogen and oxygen atoms in total. The fourth-order valence-electron chi connectivity index (χ4n) is 2.79. The van der Waals surface area contributed by atoms with E-state index in [9.17, 15) is 14.4 Å². The SMILES string of the molecule is CCCN1C(=O)N/C(=C/c2ccccc2OCc2ccc(C(=O)O)cc2)C1=O. The number of carbonyl (C=O) groups excluding carboxylic acids is 2. The molecule has 1 saturated heterocycles. The van der Waals surface area contributed by atoms with Crippen LogP contribution < -0.4 is 10.1 Å². The van der Waals surface area contributed by atoms with Crippen LogP contribution in [0.3, 0.4) is 0 Å². The molecule has 2 aromatic rings. The van der Waals surface area contributed by atoms with Gasteiger partial charge in [0.2, 0.25) is 0 Å². The predicted octanol–water partition coefficient (Wildman–Crippen LogP) is 3.27. The average Bonchev–Trinajstić information content (AvgIpc) is 2.95. The molecule has 7 heteroatoms. The van der Waals surface area contributed by atoms with Crippen molar-refractivity contribution in [2.75, 3.05) is 6.54 Å². The lowest BCUT2D eigenvalue weighted by Crippen LogP contribution is -2.31. The highest BCUT2D eigenvalue weighted by Gasteiger charge is 2.32. The molecule has 1 fully saturated rings. The summed E-state index contributed by atoms with van der Waals surface area (Å²) in [5.41, 5.74) is 1.89. The highest BCUT2D eigenvalue weighted by atomic mass is 16.5. The van der Waals surface area contributed by atoms with Crippen LogP contribution in [-0.4, -0.2) is 34.5 Å². The van der Waals surface area contributed by atoms with E-state index in [1.54, 1.807) is 30.3 Å². The van der Waals surface area contributed by atoms with Gasteiger partial charge in [-0.05, 0) is 36.3 Å². The third-order valence-corrected chi connectivity index (χ3v) is 4.22. The van der Waals surface area contributed by atoms with Gasteiger partial charge in [0.05, 0.1) is 5.56 Å². The topological polar surface area (TPSA) is 95.9 Å². The molecule has 0 unspecified atom stereocenters. The van der Waals surface area contributed by atoms with Gasteiger partial charge in [0.15, 0.2) is 0 Å². The zero-order valence-corrected chi connectivity index (χ0v) is 15.3. The molecule has 1 heterocycles. The normalized spacial score (nSPS) is 15.0. The van der Waals surface area contributed by atoms with E-state index < -0.39 is 12.0 Å². The van der Waals surface area contributed by atoms with E-state index in [2.05, 4.69) is 5.32 Å². The molecule has 2 aromatic carbocycles. The number of nitrogens with one attached hydrogen (secondary N) is 1. The van der Waals surface area contributed by atoms with Crippen molar-refractivity contribution >= 4 is 24.0 Å². The Hall–Kier alpha value is -3.61. The number of benzene rings is 2. The van der Waals surface area contributed by atoms with Gasteiger partial charge in [0.25, 0.3) is 5.91 Å². The van der Waals surface area contributed by atoms with Gasteiger partial charge in [0, 0.05) is 12.1 Å². The monoisotopic (exact) mass is 380 g/mol. The number of carboxylic acids is 1. The van der Waals surface area contributed by atoms with E-state index in [-0.39, 0.29) is 23.8 Å². The molecule has 3 amide bonds. The molecular formula is C21H20N2O5. The third-order valence-electron chi connectivity index (χ3n) is 4.22. The number of nitrogens with zero attached hydrogens (tertiary/aromatic N) is 1. The Morgan fingerprint density at radius 1 is 1.14 bits per heavy atom. The molecule has 0 atom stereocenters. The van der Waals surface area contributed by atoms with Crippen molar-refractivity contribution in [3.05, 3.63) is 70.9 Å². The molecule has 0 spiro atoms. The molecule has 28 heavy (non-hydrogen) atoms. The Morgan fingerprint density at radius 2 is 1.86 bits per heavy atom. The molecule has 1 aliphatic rings. The number of ether oxygens (including phenoxy) is 1. The Morgan fingerprint density at radius 3 is 2.54 bits per heavy atom. The van der Waals surface area contributed by atoms with Gasteiger partial charge < -0.3 is 15.2 Å².